The molecular weight excluding hydrogens is 352 g/mol. The number of benzene rings is 2. The van der Waals surface area contributed by atoms with E-state index in [0.717, 1.165) is 24.2 Å². The number of esters is 1. The molecule has 0 aliphatic carbocycles. The van der Waals surface area contributed by atoms with Crippen molar-refractivity contribution in [3.63, 3.8) is 0 Å². The van der Waals surface area contributed by atoms with Crippen molar-refractivity contribution in [2.45, 2.75) is 19.3 Å². The second-order valence-electron chi connectivity index (χ2n) is 6.93. The van der Waals surface area contributed by atoms with Crippen LogP contribution in [0.2, 0.25) is 0 Å². The summed E-state index contributed by atoms with van der Waals surface area (Å²) in [5.74, 6) is -0.570. The zero-order chi connectivity index (χ0) is 19.8. The first-order valence-corrected chi connectivity index (χ1v) is 9.63. The van der Waals surface area contributed by atoms with Gasteiger partial charge in [0.25, 0.3) is 0 Å². The zero-order valence-corrected chi connectivity index (χ0v) is 16.2. The summed E-state index contributed by atoms with van der Waals surface area (Å²) in [5.41, 5.74) is 3.38. The third kappa shape index (κ3) is 5.79. The van der Waals surface area contributed by atoms with E-state index >= 15 is 0 Å². The van der Waals surface area contributed by atoms with Gasteiger partial charge in [-0.05, 0) is 73.8 Å². The van der Waals surface area contributed by atoms with Crippen LogP contribution in [-0.2, 0) is 16.0 Å². The number of carbonyl (C=O) groups is 2. The van der Waals surface area contributed by atoms with E-state index in [9.17, 15) is 9.59 Å². The van der Waals surface area contributed by atoms with Gasteiger partial charge in [0.2, 0.25) is 5.91 Å². The van der Waals surface area contributed by atoms with Crippen LogP contribution in [0.25, 0.3) is 6.08 Å². The van der Waals surface area contributed by atoms with Gasteiger partial charge in [0.1, 0.15) is 0 Å². The highest BCUT2D eigenvalue weighted by Gasteiger charge is 2.10. The Morgan fingerprint density at radius 1 is 1.04 bits per heavy atom. The number of carbonyl (C=O) groups excluding carboxylic acids is 2. The highest BCUT2D eigenvalue weighted by molar-refractivity contribution is 6.02. The van der Waals surface area contributed by atoms with Gasteiger partial charge in [0, 0.05) is 18.3 Å². The van der Waals surface area contributed by atoms with Crippen LogP contribution in [0.1, 0.15) is 34.3 Å². The molecule has 5 heteroatoms. The van der Waals surface area contributed by atoms with Crippen LogP contribution in [0.3, 0.4) is 0 Å². The first kappa shape index (κ1) is 19.8. The van der Waals surface area contributed by atoms with Gasteiger partial charge in [-0.3, -0.25) is 4.79 Å². The second kappa shape index (κ2) is 9.85. The minimum atomic E-state index is -0.378. The number of nitrogens with zero attached hydrogens (tertiary/aromatic N) is 1. The van der Waals surface area contributed by atoms with E-state index < -0.39 is 0 Å². The molecule has 1 amide bonds. The number of hydrogen-bond acceptors (Lipinski definition) is 4. The van der Waals surface area contributed by atoms with Crippen molar-refractivity contribution in [2.75, 3.05) is 32.1 Å². The molecule has 1 aliphatic heterocycles. The van der Waals surface area contributed by atoms with Gasteiger partial charge >= 0.3 is 5.97 Å². The maximum Gasteiger partial charge on any atom is 0.337 e. The van der Waals surface area contributed by atoms with Crippen molar-refractivity contribution >= 4 is 23.6 Å². The molecule has 2 aromatic carbocycles. The monoisotopic (exact) mass is 378 g/mol. The van der Waals surface area contributed by atoms with Gasteiger partial charge in [-0.15, -0.1) is 0 Å². The summed E-state index contributed by atoms with van der Waals surface area (Å²) >= 11 is 0. The highest BCUT2D eigenvalue weighted by atomic mass is 16.5. The lowest BCUT2D eigenvalue weighted by Gasteiger charge is -2.14. The molecular formula is C23H26N2O3. The average molecular weight is 378 g/mol. The van der Waals surface area contributed by atoms with E-state index in [4.69, 9.17) is 0 Å². The molecule has 0 aromatic heterocycles. The lowest BCUT2D eigenvalue weighted by molar-refractivity contribution is -0.111. The van der Waals surface area contributed by atoms with Crippen molar-refractivity contribution in [1.82, 2.24) is 4.90 Å². The molecule has 0 radical (unpaired) electrons. The molecule has 146 valence electrons. The molecule has 1 heterocycles. The van der Waals surface area contributed by atoms with Crippen molar-refractivity contribution in [3.8, 4) is 0 Å². The van der Waals surface area contributed by atoms with Crippen LogP contribution in [0.4, 0.5) is 5.69 Å². The normalized spacial score (nSPS) is 14.3. The van der Waals surface area contributed by atoms with Crippen LogP contribution < -0.4 is 5.32 Å². The Bertz CT molecular complexity index is 820. The molecule has 0 atom stereocenters. The highest BCUT2D eigenvalue weighted by Crippen LogP contribution is 2.13. The Hall–Kier alpha value is -2.92. The van der Waals surface area contributed by atoms with Crippen LogP contribution in [0.5, 0.6) is 0 Å². The standard InChI is InChI=1S/C23H26N2O3/c1-28-23(27)20-9-4-18(5-10-20)8-13-22(26)24-21-11-6-19(7-12-21)14-17-25-15-2-3-16-25/h4-13H,2-3,14-17H2,1H3,(H,24,26). The fraction of sp³-hybridized carbons (Fsp3) is 0.304. The van der Waals surface area contributed by atoms with Gasteiger partial charge in [-0.1, -0.05) is 24.3 Å². The van der Waals surface area contributed by atoms with Crippen molar-refractivity contribution in [1.29, 1.82) is 0 Å². The van der Waals surface area contributed by atoms with Crippen LogP contribution >= 0.6 is 0 Å². The number of methoxy groups -OCH3 is 1. The van der Waals surface area contributed by atoms with Gasteiger partial charge in [0.05, 0.1) is 12.7 Å². The first-order valence-electron chi connectivity index (χ1n) is 9.63. The summed E-state index contributed by atoms with van der Waals surface area (Å²) < 4.78 is 4.67. The van der Waals surface area contributed by atoms with E-state index in [-0.39, 0.29) is 11.9 Å². The predicted molar refractivity (Wildman–Crippen MR) is 111 cm³/mol. The van der Waals surface area contributed by atoms with Crippen molar-refractivity contribution < 1.29 is 14.3 Å². The first-order chi connectivity index (χ1) is 13.6. The van der Waals surface area contributed by atoms with Gasteiger partial charge in [-0.2, -0.15) is 0 Å². The summed E-state index contributed by atoms with van der Waals surface area (Å²) in [6.45, 7) is 3.53. The maximum absolute atomic E-state index is 12.1. The molecule has 1 N–H and O–H groups in total. The summed E-state index contributed by atoms with van der Waals surface area (Å²) in [6.07, 6.45) is 6.85. The Balaban J connectivity index is 1.48. The molecule has 5 nitrogen and oxygen atoms in total. The molecule has 28 heavy (non-hydrogen) atoms. The predicted octanol–water partition coefficient (Wildman–Crippen LogP) is 3.76. The van der Waals surface area contributed by atoms with Crippen LogP contribution in [0.15, 0.2) is 54.6 Å². The van der Waals surface area contributed by atoms with E-state index in [0.29, 0.717) is 5.56 Å². The molecule has 1 saturated heterocycles. The quantitative estimate of drug-likeness (QED) is 0.589. The number of ether oxygens (including phenoxy) is 1. The molecule has 1 fully saturated rings. The van der Waals surface area contributed by atoms with Crippen LogP contribution in [-0.4, -0.2) is 43.5 Å². The topological polar surface area (TPSA) is 58.6 Å². The molecule has 2 aromatic rings. The number of likely N-dealkylation sites (tertiary alicyclic amines) is 1. The SMILES string of the molecule is COC(=O)c1ccc(C=CC(=O)Nc2ccc(CCN3CCCC3)cc2)cc1. The Morgan fingerprint density at radius 2 is 1.71 bits per heavy atom. The third-order valence-electron chi connectivity index (χ3n) is 4.90. The lowest BCUT2D eigenvalue weighted by atomic mass is 10.1. The smallest absolute Gasteiger partial charge is 0.337 e. The molecule has 1 aliphatic rings. The Labute approximate surface area is 166 Å². The maximum atomic E-state index is 12.1. The Morgan fingerprint density at radius 3 is 2.36 bits per heavy atom. The van der Waals surface area contributed by atoms with E-state index in [1.54, 1.807) is 30.3 Å². The Kier molecular flexibility index (Phi) is 6.98. The number of hydrogen-bond donors (Lipinski definition) is 1. The van der Waals surface area contributed by atoms with Gasteiger partial charge in [-0.25, -0.2) is 4.79 Å². The van der Waals surface area contributed by atoms with Crippen molar-refractivity contribution in [2.24, 2.45) is 0 Å². The number of amides is 1. The molecule has 0 spiro atoms. The fourth-order valence-electron chi connectivity index (χ4n) is 3.25. The summed E-state index contributed by atoms with van der Waals surface area (Å²) in [5, 5.41) is 2.87. The third-order valence-corrected chi connectivity index (χ3v) is 4.90. The summed E-state index contributed by atoms with van der Waals surface area (Å²) in [6, 6.07) is 14.9. The minimum absolute atomic E-state index is 0.193. The second-order valence-corrected chi connectivity index (χ2v) is 6.93. The van der Waals surface area contributed by atoms with Crippen LogP contribution in [0, 0.1) is 0 Å². The summed E-state index contributed by atoms with van der Waals surface area (Å²) in [4.78, 5) is 26.0. The number of anilines is 1. The number of nitrogens with one attached hydrogen (secondary N) is 1. The minimum Gasteiger partial charge on any atom is -0.465 e. The fourth-order valence-corrected chi connectivity index (χ4v) is 3.25. The van der Waals surface area contributed by atoms with E-state index in [1.807, 2.05) is 12.1 Å². The van der Waals surface area contributed by atoms with E-state index in [1.165, 1.54) is 44.7 Å². The van der Waals surface area contributed by atoms with Gasteiger partial charge in [0.15, 0.2) is 0 Å². The number of rotatable bonds is 7. The summed E-state index contributed by atoms with van der Waals surface area (Å²) in [7, 11) is 1.35. The lowest BCUT2D eigenvalue weighted by Crippen LogP contribution is -2.21. The van der Waals surface area contributed by atoms with Crippen molar-refractivity contribution in [3.05, 3.63) is 71.3 Å². The van der Waals surface area contributed by atoms with Gasteiger partial charge < -0.3 is 15.0 Å². The molecule has 3 rings (SSSR count). The average Bonchev–Trinajstić information content (AvgIpc) is 3.25. The largest absolute Gasteiger partial charge is 0.465 e. The molecule has 0 saturated carbocycles. The molecule has 0 unspecified atom stereocenters. The van der Waals surface area contributed by atoms with E-state index in [2.05, 4.69) is 27.1 Å². The molecule has 0 bridgehead atoms. The zero-order valence-electron chi connectivity index (χ0n) is 16.2.